The van der Waals surface area contributed by atoms with Gasteiger partial charge in [-0.15, -0.1) is 0 Å². The fraction of sp³-hybridized carbons (Fsp3) is 0.526. The van der Waals surface area contributed by atoms with Crippen LogP contribution in [0.5, 0.6) is 0 Å². The number of nitrogens with one attached hydrogen (secondary N) is 3. The van der Waals surface area contributed by atoms with Crippen LogP contribution in [0.15, 0.2) is 20.8 Å². The number of primary amides is 1. The molecule has 0 aliphatic carbocycles. The van der Waals surface area contributed by atoms with E-state index in [0.29, 0.717) is 0 Å². The summed E-state index contributed by atoms with van der Waals surface area (Å²) in [5, 5.41) is 40.1. The van der Waals surface area contributed by atoms with E-state index in [9.17, 15) is 52.6 Å². The molecule has 2 heterocycles. The number of aliphatic hydroxyl groups is 2. The van der Waals surface area contributed by atoms with Crippen molar-refractivity contribution in [2.24, 2.45) is 22.2 Å². The maximum absolute atomic E-state index is 12.6. The smallest absolute Gasteiger partial charge is 0.475 e. The summed E-state index contributed by atoms with van der Waals surface area (Å²) in [6.07, 6.45) is -10.4. The third-order valence-corrected chi connectivity index (χ3v) is 5.15. The highest BCUT2D eigenvalue weighted by molar-refractivity contribution is 5.89. The number of nitrogens with zero attached hydrogens (tertiary/aromatic N) is 2. The van der Waals surface area contributed by atoms with E-state index < -0.39 is 90.6 Å². The molecule has 22 heteroatoms. The van der Waals surface area contributed by atoms with Gasteiger partial charge in [0.05, 0.1) is 5.56 Å². The lowest BCUT2D eigenvalue weighted by molar-refractivity contribution is -0.192. The van der Waals surface area contributed by atoms with Crippen LogP contribution < -0.4 is 33.8 Å². The van der Waals surface area contributed by atoms with Gasteiger partial charge in [0.15, 0.2) is 5.96 Å². The van der Waals surface area contributed by atoms with Gasteiger partial charge < -0.3 is 47.6 Å². The average molecular weight is 600 g/mol. The minimum Gasteiger partial charge on any atom is -0.475 e. The van der Waals surface area contributed by atoms with Crippen molar-refractivity contribution in [2.75, 3.05) is 13.1 Å². The number of rotatable bonds is 10. The lowest BCUT2D eigenvalue weighted by Gasteiger charge is -2.25. The molecule has 1 aliphatic heterocycles. The van der Waals surface area contributed by atoms with Crippen molar-refractivity contribution in [2.45, 2.75) is 49.5 Å². The van der Waals surface area contributed by atoms with Crippen molar-refractivity contribution in [3.63, 3.8) is 0 Å². The van der Waals surface area contributed by atoms with Gasteiger partial charge in [0, 0.05) is 19.2 Å². The summed E-state index contributed by atoms with van der Waals surface area (Å²) in [4.78, 5) is 75.4. The highest BCUT2D eigenvalue weighted by Crippen LogP contribution is 2.31. The standard InChI is InChI=1S/C17H26N8O9.C2HF3O2/c18-9(26)2-1-7(25(33)10(27)5-22-16(19)20)15(31)21-4-8-11(28)12(29)13(34-8)6-3-23-17(32)24-14(6)30;3-2(4,5)1(6)7/h3,7-8,11-13,28-29,33H,1-2,4-5H2,(H2,18,26)(H,21,31)(H4,19,20,22)(H2,23,24,30,32);(H,6,7)/t7-,8+,11+,12+,13-;/m0./s1. The number of aromatic amines is 2. The maximum atomic E-state index is 12.6. The summed E-state index contributed by atoms with van der Waals surface area (Å²) < 4.78 is 37.2. The van der Waals surface area contributed by atoms with Crippen LogP contribution in [0, 0.1) is 0 Å². The van der Waals surface area contributed by atoms with E-state index in [1.165, 1.54) is 0 Å². The molecule has 1 aromatic heterocycles. The van der Waals surface area contributed by atoms with Gasteiger partial charge in [-0.1, -0.05) is 0 Å². The molecule has 19 nitrogen and oxygen atoms in total. The summed E-state index contributed by atoms with van der Waals surface area (Å²) in [6, 6.07) is -1.57. The molecular weight excluding hydrogens is 573 g/mol. The summed E-state index contributed by atoms with van der Waals surface area (Å²) in [6.45, 7) is -1.09. The number of hydrogen-bond donors (Lipinski definition) is 10. The van der Waals surface area contributed by atoms with Gasteiger partial charge in [-0.05, 0) is 6.42 Å². The second-order valence-electron chi connectivity index (χ2n) is 8.15. The van der Waals surface area contributed by atoms with E-state index in [1.807, 2.05) is 4.98 Å². The topological polar surface area (TPSA) is 330 Å². The van der Waals surface area contributed by atoms with Crippen LogP contribution in [-0.4, -0.2) is 109 Å². The molecule has 0 bridgehead atoms. The number of nitrogens with two attached hydrogens (primary N) is 3. The Labute approximate surface area is 225 Å². The van der Waals surface area contributed by atoms with E-state index in [-0.39, 0.29) is 23.5 Å². The lowest BCUT2D eigenvalue weighted by Crippen LogP contribution is -2.51. The number of guanidine groups is 1. The van der Waals surface area contributed by atoms with Crippen molar-refractivity contribution < 1.29 is 57.6 Å². The van der Waals surface area contributed by atoms with Crippen molar-refractivity contribution >= 4 is 29.7 Å². The summed E-state index contributed by atoms with van der Waals surface area (Å²) in [7, 11) is 0. The Balaban J connectivity index is 0.00000106. The van der Waals surface area contributed by atoms with Gasteiger partial charge >= 0.3 is 17.8 Å². The molecule has 230 valence electrons. The number of carboxylic acids is 1. The number of ether oxygens (including phenoxy) is 1. The molecule has 0 saturated carbocycles. The zero-order valence-corrected chi connectivity index (χ0v) is 20.7. The highest BCUT2D eigenvalue weighted by atomic mass is 19.4. The number of aliphatic hydroxyl groups excluding tert-OH is 2. The first-order valence-electron chi connectivity index (χ1n) is 11.1. The first kappa shape index (κ1) is 34.5. The zero-order valence-electron chi connectivity index (χ0n) is 20.7. The predicted molar refractivity (Wildman–Crippen MR) is 126 cm³/mol. The zero-order chi connectivity index (χ0) is 31.7. The quantitative estimate of drug-likeness (QED) is 0.0521. The van der Waals surface area contributed by atoms with Gasteiger partial charge in [0.1, 0.15) is 37.0 Å². The number of carbonyl (C=O) groups excluding carboxylic acids is 3. The molecule has 1 fully saturated rings. The van der Waals surface area contributed by atoms with Crippen molar-refractivity contribution in [1.82, 2.24) is 20.3 Å². The molecule has 0 unspecified atom stereocenters. The Morgan fingerprint density at radius 3 is 2.22 bits per heavy atom. The van der Waals surface area contributed by atoms with Crippen molar-refractivity contribution in [1.29, 1.82) is 0 Å². The molecule has 0 spiro atoms. The summed E-state index contributed by atoms with van der Waals surface area (Å²) in [5.41, 5.74) is 13.5. The third kappa shape index (κ3) is 10.5. The molecule has 3 amide bonds. The Bertz CT molecular complexity index is 1250. The van der Waals surface area contributed by atoms with Gasteiger partial charge in [-0.3, -0.25) is 29.4 Å². The van der Waals surface area contributed by atoms with Crippen LogP contribution in [-0.2, 0) is 23.9 Å². The maximum Gasteiger partial charge on any atom is 0.490 e. The molecule has 0 radical (unpaired) electrons. The molecule has 1 aromatic rings. The van der Waals surface area contributed by atoms with Crippen LogP contribution in [0.4, 0.5) is 13.2 Å². The number of aliphatic carboxylic acids is 1. The second kappa shape index (κ2) is 14.7. The van der Waals surface area contributed by atoms with E-state index in [4.69, 9.17) is 31.8 Å². The van der Waals surface area contributed by atoms with E-state index in [0.717, 1.165) is 6.20 Å². The number of aromatic nitrogens is 2. The first-order chi connectivity index (χ1) is 18.9. The van der Waals surface area contributed by atoms with Crippen LogP contribution in [0.3, 0.4) is 0 Å². The largest absolute Gasteiger partial charge is 0.490 e. The van der Waals surface area contributed by atoms with Crippen LogP contribution in [0.25, 0.3) is 0 Å². The van der Waals surface area contributed by atoms with Gasteiger partial charge in [0.2, 0.25) is 11.8 Å². The molecule has 5 atom stereocenters. The van der Waals surface area contributed by atoms with Crippen molar-refractivity contribution in [3.8, 4) is 0 Å². The normalized spacial score (nSPS) is 20.6. The van der Waals surface area contributed by atoms with Crippen LogP contribution in [0.2, 0.25) is 0 Å². The predicted octanol–water partition coefficient (Wildman–Crippen LogP) is -4.90. The van der Waals surface area contributed by atoms with E-state index in [2.05, 4.69) is 15.3 Å². The minimum absolute atomic E-state index is 0.0498. The van der Waals surface area contributed by atoms with Crippen molar-refractivity contribution in [3.05, 3.63) is 32.6 Å². The molecule has 1 saturated heterocycles. The first-order valence-corrected chi connectivity index (χ1v) is 11.1. The second-order valence-corrected chi connectivity index (χ2v) is 8.15. The van der Waals surface area contributed by atoms with Gasteiger partial charge in [0.25, 0.3) is 11.5 Å². The number of carbonyl (C=O) groups is 4. The van der Waals surface area contributed by atoms with Gasteiger partial charge in [-0.2, -0.15) is 13.2 Å². The Morgan fingerprint density at radius 1 is 1.15 bits per heavy atom. The highest BCUT2D eigenvalue weighted by Gasteiger charge is 2.45. The number of alkyl halides is 3. The number of aliphatic imine (C=N–C) groups is 1. The number of halogens is 3. The fourth-order valence-electron chi connectivity index (χ4n) is 3.17. The van der Waals surface area contributed by atoms with Gasteiger partial charge in [-0.25, -0.2) is 19.6 Å². The number of hydroxylamine groups is 2. The van der Waals surface area contributed by atoms with E-state index >= 15 is 0 Å². The number of H-pyrrole nitrogens is 2. The lowest BCUT2D eigenvalue weighted by atomic mass is 10.0. The van der Waals surface area contributed by atoms with Crippen LogP contribution >= 0.6 is 0 Å². The molecule has 2 rings (SSSR count). The minimum atomic E-state index is -5.08. The molecule has 13 N–H and O–H groups in total. The third-order valence-electron chi connectivity index (χ3n) is 5.15. The number of hydrogen-bond acceptors (Lipinski definition) is 11. The van der Waals surface area contributed by atoms with Crippen LogP contribution in [0.1, 0.15) is 24.5 Å². The molecular formula is C19H27F3N8O11. The summed E-state index contributed by atoms with van der Waals surface area (Å²) >= 11 is 0. The Hall–Kier alpha value is -4.54. The Kier molecular flexibility index (Phi) is 12.4. The average Bonchev–Trinajstić information content (AvgIpc) is 3.14. The number of carboxylic acid groups (broad SMARTS) is 1. The Morgan fingerprint density at radius 2 is 1.73 bits per heavy atom. The number of amides is 3. The summed E-state index contributed by atoms with van der Waals surface area (Å²) in [5.74, 6) is -5.98. The molecule has 41 heavy (non-hydrogen) atoms. The SMILES string of the molecule is NC(=O)CC[C@@H](C(=O)NC[C@H]1O[C@@H](c2c[nH]c(=O)[nH]c2=O)[C@H](O)[C@@H]1O)N(O)C(=O)CN=C(N)N.O=C(O)C(F)(F)F. The van der Waals surface area contributed by atoms with E-state index in [1.54, 1.807) is 0 Å². The molecule has 0 aromatic carbocycles. The fourth-order valence-corrected chi connectivity index (χ4v) is 3.17. The molecule has 1 aliphatic rings. The monoisotopic (exact) mass is 600 g/mol.